The SMILES string of the molecule is CCCc1c(N)nnn1CCCOCCOC. The Morgan fingerprint density at radius 3 is 2.82 bits per heavy atom. The van der Waals surface area contributed by atoms with E-state index in [4.69, 9.17) is 15.2 Å². The molecule has 2 N–H and O–H groups in total. The lowest BCUT2D eigenvalue weighted by atomic mass is 10.2. The van der Waals surface area contributed by atoms with Crippen LogP contribution in [0.1, 0.15) is 25.5 Å². The van der Waals surface area contributed by atoms with Crippen LogP contribution in [0.4, 0.5) is 5.82 Å². The second-order valence-corrected chi connectivity index (χ2v) is 3.85. The third kappa shape index (κ3) is 4.70. The fraction of sp³-hybridized carbons (Fsp3) is 0.818. The Hall–Kier alpha value is -1.14. The van der Waals surface area contributed by atoms with Crippen LogP contribution in [0.2, 0.25) is 0 Å². The van der Waals surface area contributed by atoms with Gasteiger partial charge in [0, 0.05) is 20.3 Å². The molecule has 6 heteroatoms. The molecule has 0 radical (unpaired) electrons. The average molecular weight is 242 g/mol. The van der Waals surface area contributed by atoms with Gasteiger partial charge in [-0.05, 0) is 12.8 Å². The molecule has 0 bridgehead atoms. The topological polar surface area (TPSA) is 75.2 Å². The fourth-order valence-electron chi connectivity index (χ4n) is 1.58. The molecular weight excluding hydrogens is 220 g/mol. The largest absolute Gasteiger partial charge is 0.382 e. The second-order valence-electron chi connectivity index (χ2n) is 3.85. The number of anilines is 1. The minimum Gasteiger partial charge on any atom is -0.382 e. The number of nitrogens with zero attached hydrogens (tertiary/aromatic N) is 3. The number of hydrogen-bond donors (Lipinski definition) is 1. The Morgan fingerprint density at radius 2 is 2.12 bits per heavy atom. The van der Waals surface area contributed by atoms with Gasteiger partial charge in [0.1, 0.15) is 0 Å². The van der Waals surface area contributed by atoms with Crippen LogP contribution in [0.3, 0.4) is 0 Å². The fourth-order valence-corrected chi connectivity index (χ4v) is 1.58. The predicted octanol–water partition coefficient (Wildman–Crippen LogP) is 0.866. The number of aromatic nitrogens is 3. The normalized spacial score (nSPS) is 10.9. The summed E-state index contributed by atoms with van der Waals surface area (Å²) in [4.78, 5) is 0. The van der Waals surface area contributed by atoms with E-state index in [1.165, 1.54) is 0 Å². The lowest BCUT2D eigenvalue weighted by molar-refractivity contribution is 0.0675. The average Bonchev–Trinajstić information content (AvgIpc) is 2.66. The molecule has 1 aromatic rings. The van der Waals surface area contributed by atoms with Crippen LogP contribution in [0.5, 0.6) is 0 Å². The highest BCUT2D eigenvalue weighted by atomic mass is 16.5. The highest BCUT2D eigenvalue weighted by Crippen LogP contribution is 2.10. The first kappa shape index (κ1) is 13.9. The lowest BCUT2D eigenvalue weighted by Crippen LogP contribution is -2.10. The summed E-state index contributed by atoms with van der Waals surface area (Å²) in [5, 5.41) is 7.92. The summed E-state index contributed by atoms with van der Waals surface area (Å²) in [6, 6.07) is 0. The molecule has 0 aliphatic heterocycles. The lowest BCUT2D eigenvalue weighted by Gasteiger charge is -2.06. The van der Waals surface area contributed by atoms with Crippen molar-refractivity contribution >= 4 is 5.82 Å². The summed E-state index contributed by atoms with van der Waals surface area (Å²) in [6.45, 7) is 4.89. The summed E-state index contributed by atoms with van der Waals surface area (Å²) < 4.78 is 12.2. The van der Waals surface area contributed by atoms with Gasteiger partial charge < -0.3 is 15.2 Å². The van der Waals surface area contributed by atoms with E-state index in [0.29, 0.717) is 25.6 Å². The van der Waals surface area contributed by atoms with Gasteiger partial charge in [-0.3, -0.25) is 0 Å². The van der Waals surface area contributed by atoms with Gasteiger partial charge in [-0.1, -0.05) is 18.6 Å². The standard InChI is InChI=1S/C11H22N4O2/c1-3-5-10-11(12)13-14-15(10)6-4-7-17-9-8-16-2/h3-9,12H2,1-2H3. The van der Waals surface area contributed by atoms with E-state index < -0.39 is 0 Å². The number of nitrogen functional groups attached to an aromatic ring is 1. The smallest absolute Gasteiger partial charge is 0.169 e. The van der Waals surface area contributed by atoms with E-state index in [1.807, 2.05) is 4.68 Å². The summed E-state index contributed by atoms with van der Waals surface area (Å²) >= 11 is 0. The summed E-state index contributed by atoms with van der Waals surface area (Å²) in [5.41, 5.74) is 6.79. The molecule has 17 heavy (non-hydrogen) atoms. The van der Waals surface area contributed by atoms with Crippen LogP contribution in [-0.4, -0.2) is 41.9 Å². The molecular formula is C11H22N4O2. The third-order valence-corrected chi connectivity index (χ3v) is 2.44. The molecule has 1 aromatic heterocycles. The van der Waals surface area contributed by atoms with Crippen LogP contribution < -0.4 is 5.73 Å². The van der Waals surface area contributed by atoms with Gasteiger partial charge in [0.05, 0.1) is 18.9 Å². The maximum atomic E-state index is 5.76. The van der Waals surface area contributed by atoms with Crippen molar-refractivity contribution in [1.82, 2.24) is 15.0 Å². The van der Waals surface area contributed by atoms with Crippen molar-refractivity contribution in [2.24, 2.45) is 0 Å². The van der Waals surface area contributed by atoms with Gasteiger partial charge in [0.15, 0.2) is 5.82 Å². The molecule has 98 valence electrons. The Morgan fingerprint density at radius 1 is 1.29 bits per heavy atom. The molecule has 0 unspecified atom stereocenters. The first-order chi connectivity index (χ1) is 8.29. The summed E-state index contributed by atoms with van der Waals surface area (Å²) in [6.07, 6.45) is 2.87. The molecule has 6 nitrogen and oxygen atoms in total. The zero-order valence-electron chi connectivity index (χ0n) is 10.7. The number of hydrogen-bond acceptors (Lipinski definition) is 5. The van der Waals surface area contributed by atoms with E-state index in [9.17, 15) is 0 Å². The molecule has 0 fully saturated rings. The van der Waals surface area contributed by atoms with E-state index in [0.717, 1.165) is 31.5 Å². The minimum absolute atomic E-state index is 0.548. The Labute approximate surface area is 102 Å². The molecule has 0 amide bonds. The highest BCUT2D eigenvalue weighted by molar-refractivity contribution is 5.32. The van der Waals surface area contributed by atoms with Gasteiger partial charge in [0.25, 0.3) is 0 Å². The van der Waals surface area contributed by atoms with Crippen molar-refractivity contribution in [2.75, 3.05) is 32.7 Å². The maximum absolute atomic E-state index is 5.76. The predicted molar refractivity (Wildman–Crippen MR) is 65.7 cm³/mol. The maximum Gasteiger partial charge on any atom is 0.169 e. The van der Waals surface area contributed by atoms with Crippen molar-refractivity contribution < 1.29 is 9.47 Å². The molecule has 0 saturated carbocycles. The third-order valence-electron chi connectivity index (χ3n) is 2.44. The first-order valence-corrected chi connectivity index (χ1v) is 6.04. The molecule has 1 rings (SSSR count). The molecule has 0 aromatic carbocycles. The second kappa shape index (κ2) is 8.03. The van der Waals surface area contributed by atoms with Crippen LogP contribution in [0.25, 0.3) is 0 Å². The van der Waals surface area contributed by atoms with E-state index in [1.54, 1.807) is 7.11 Å². The molecule has 0 spiro atoms. The van der Waals surface area contributed by atoms with Crippen LogP contribution in [-0.2, 0) is 22.4 Å². The van der Waals surface area contributed by atoms with E-state index >= 15 is 0 Å². The number of nitrogens with two attached hydrogens (primary N) is 1. The molecule has 0 atom stereocenters. The van der Waals surface area contributed by atoms with Gasteiger partial charge in [-0.25, -0.2) is 4.68 Å². The Bertz CT molecular complexity index is 314. The minimum atomic E-state index is 0.548. The van der Waals surface area contributed by atoms with Crippen molar-refractivity contribution in [3.8, 4) is 0 Å². The monoisotopic (exact) mass is 242 g/mol. The van der Waals surface area contributed by atoms with Crippen molar-refractivity contribution in [3.05, 3.63) is 5.69 Å². The van der Waals surface area contributed by atoms with E-state index in [-0.39, 0.29) is 0 Å². The van der Waals surface area contributed by atoms with Crippen molar-refractivity contribution in [1.29, 1.82) is 0 Å². The zero-order valence-corrected chi connectivity index (χ0v) is 10.7. The summed E-state index contributed by atoms with van der Waals surface area (Å²) in [7, 11) is 1.67. The summed E-state index contributed by atoms with van der Waals surface area (Å²) in [5.74, 6) is 0.548. The number of aryl methyl sites for hydroxylation is 1. The molecule has 0 aliphatic carbocycles. The Kier molecular flexibility index (Phi) is 6.57. The van der Waals surface area contributed by atoms with Gasteiger partial charge in [-0.2, -0.15) is 0 Å². The number of methoxy groups -OCH3 is 1. The van der Waals surface area contributed by atoms with Crippen LogP contribution in [0, 0.1) is 0 Å². The van der Waals surface area contributed by atoms with Gasteiger partial charge >= 0.3 is 0 Å². The van der Waals surface area contributed by atoms with Crippen molar-refractivity contribution in [3.63, 3.8) is 0 Å². The van der Waals surface area contributed by atoms with Crippen molar-refractivity contribution in [2.45, 2.75) is 32.7 Å². The molecule has 1 heterocycles. The van der Waals surface area contributed by atoms with Gasteiger partial charge in [-0.15, -0.1) is 5.10 Å². The van der Waals surface area contributed by atoms with Gasteiger partial charge in [0.2, 0.25) is 0 Å². The Balaban J connectivity index is 2.26. The highest BCUT2D eigenvalue weighted by Gasteiger charge is 2.08. The number of rotatable bonds is 9. The zero-order chi connectivity index (χ0) is 12.5. The number of ether oxygens (including phenoxy) is 2. The van der Waals surface area contributed by atoms with Crippen LogP contribution >= 0.6 is 0 Å². The van der Waals surface area contributed by atoms with Crippen LogP contribution in [0.15, 0.2) is 0 Å². The van der Waals surface area contributed by atoms with E-state index in [2.05, 4.69) is 17.2 Å². The molecule has 0 saturated heterocycles. The molecule has 0 aliphatic rings. The quantitative estimate of drug-likeness (QED) is 0.650. The first-order valence-electron chi connectivity index (χ1n) is 6.04.